The second kappa shape index (κ2) is 5.66. The second-order valence-electron chi connectivity index (χ2n) is 4.33. The molecule has 0 spiro atoms. The smallest absolute Gasteiger partial charge is 0.287 e. The zero-order valence-electron chi connectivity index (χ0n) is 10.6. The first-order valence-electron chi connectivity index (χ1n) is 6.06. The standard InChI is InChI=1S/C17H12F2O/c1-2-15(13-9-5-3-6-10-13)17(18,19)16(20)14-11-7-4-8-12-14/h1,3-12,15H. The van der Waals surface area contributed by atoms with Crippen molar-refractivity contribution in [1.29, 1.82) is 0 Å². The number of hydrogen-bond acceptors (Lipinski definition) is 1. The number of terminal acetylenes is 1. The molecule has 0 aliphatic carbocycles. The maximum Gasteiger partial charge on any atom is 0.327 e. The topological polar surface area (TPSA) is 17.1 Å². The first-order valence-corrected chi connectivity index (χ1v) is 6.06. The molecular weight excluding hydrogens is 258 g/mol. The molecule has 0 N–H and O–H groups in total. The van der Waals surface area contributed by atoms with Gasteiger partial charge in [-0.2, -0.15) is 8.78 Å². The van der Waals surface area contributed by atoms with Crippen LogP contribution in [0.15, 0.2) is 60.7 Å². The van der Waals surface area contributed by atoms with Crippen molar-refractivity contribution < 1.29 is 13.6 Å². The van der Waals surface area contributed by atoms with Crippen molar-refractivity contribution in [2.24, 2.45) is 0 Å². The van der Waals surface area contributed by atoms with Crippen LogP contribution in [0, 0.1) is 12.3 Å². The first kappa shape index (κ1) is 14.0. The Morgan fingerprint density at radius 2 is 1.50 bits per heavy atom. The SMILES string of the molecule is C#CC(c1ccccc1)C(F)(F)C(=O)c1ccccc1. The molecule has 2 rings (SSSR count). The largest absolute Gasteiger partial charge is 0.327 e. The van der Waals surface area contributed by atoms with Crippen molar-refractivity contribution in [2.75, 3.05) is 0 Å². The summed E-state index contributed by atoms with van der Waals surface area (Å²) in [5.41, 5.74) is 0.206. The van der Waals surface area contributed by atoms with Gasteiger partial charge in [-0.25, -0.2) is 0 Å². The van der Waals surface area contributed by atoms with Gasteiger partial charge in [0.15, 0.2) is 0 Å². The summed E-state index contributed by atoms with van der Waals surface area (Å²) in [6, 6.07) is 15.4. The van der Waals surface area contributed by atoms with Crippen LogP contribution >= 0.6 is 0 Å². The molecule has 2 aromatic rings. The Bertz CT molecular complexity index is 627. The lowest BCUT2D eigenvalue weighted by Gasteiger charge is -2.22. The van der Waals surface area contributed by atoms with Crippen LogP contribution in [0.25, 0.3) is 0 Å². The van der Waals surface area contributed by atoms with E-state index in [1.165, 1.54) is 36.4 Å². The third kappa shape index (κ3) is 2.60. The summed E-state index contributed by atoms with van der Waals surface area (Å²) in [4.78, 5) is 12.0. The van der Waals surface area contributed by atoms with Gasteiger partial charge in [0.2, 0.25) is 5.78 Å². The van der Waals surface area contributed by atoms with Crippen molar-refractivity contribution in [2.45, 2.75) is 11.8 Å². The van der Waals surface area contributed by atoms with Gasteiger partial charge in [-0.15, -0.1) is 6.42 Å². The van der Waals surface area contributed by atoms with E-state index in [1.807, 2.05) is 5.92 Å². The molecule has 0 fully saturated rings. The number of carbonyl (C=O) groups excluding carboxylic acids is 1. The Labute approximate surface area is 116 Å². The van der Waals surface area contributed by atoms with E-state index in [4.69, 9.17) is 6.42 Å². The monoisotopic (exact) mass is 270 g/mol. The van der Waals surface area contributed by atoms with E-state index in [0.29, 0.717) is 0 Å². The van der Waals surface area contributed by atoms with Crippen LogP contribution in [-0.4, -0.2) is 11.7 Å². The fourth-order valence-corrected chi connectivity index (χ4v) is 1.97. The van der Waals surface area contributed by atoms with E-state index in [2.05, 4.69) is 0 Å². The van der Waals surface area contributed by atoms with Crippen LogP contribution in [0.2, 0.25) is 0 Å². The number of alkyl halides is 2. The van der Waals surface area contributed by atoms with Gasteiger partial charge >= 0.3 is 5.92 Å². The van der Waals surface area contributed by atoms with Crippen molar-refractivity contribution in [1.82, 2.24) is 0 Å². The zero-order valence-corrected chi connectivity index (χ0v) is 10.6. The van der Waals surface area contributed by atoms with Crippen LogP contribution in [0.4, 0.5) is 8.78 Å². The van der Waals surface area contributed by atoms with Crippen LogP contribution in [0.3, 0.4) is 0 Å². The molecule has 0 saturated heterocycles. The van der Waals surface area contributed by atoms with Crippen LogP contribution < -0.4 is 0 Å². The highest BCUT2D eigenvalue weighted by molar-refractivity contribution is 6.02. The minimum absolute atomic E-state index is 0.0475. The molecule has 0 aromatic heterocycles. The first-order chi connectivity index (χ1) is 9.57. The van der Waals surface area contributed by atoms with Crippen molar-refractivity contribution in [3.8, 4) is 12.3 Å². The van der Waals surface area contributed by atoms with Crippen LogP contribution in [0.5, 0.6) is 0 Å². The molecule has 20 heavy (non-hydrogen) atoms. The van der Waals surface area contributed by atoms with Crippen LogP contribution in [0.1, 0.15) is 21.8 Å². The fraction of sp³-hybridized carbons (Fsp3) is 0.118. The molecule has 3 heteroatoms. The molecule has 0 saturated carbocycles. The summed E-state index contributed by atoms with van der Waals surface area (Å²) in [5, 5.41) is 0. The van der Waals surface area contributed by atoms with Gasteiger partial charge in [-0.3, -0.25) is 4.79 Å². The highest BCUT2D eigenvalue weighted by Gasteiger charge is 2.47. The number of ketones is 1. The molecule has 0 bridgehead atoms. The van der Waals surface area contributed by atoms with E-state index >= 15 is 0 Å². The number of rotatable bonds is 4. The highest BCUT2D eigenvalue weighted by atomic mass is 19.3. The minimum atomic E-state index is -3.64. The van der Waals surface area contributed by atoms with E-state index in [1.54, 1.807) is 24.3 Å². The Morgan fingerprint density at radius 1 is 1.00 bits per heavy atom. The number of benzene rings is 2. The predicted octanol–water partition coefficient (Wildman–Crippen LogP) is 3.92. The summed E-state index contributed by atoms with van der Waals surface area (Å²) < 4.78 is 28.7. The summed E-state index contributed by atoms with van der Waals surface area (Å²) in [6.45, 7) is 0. The summed E-state index contributed by atoms with van der Waals surface area (Å²) in [7, 11) is 0. The Hall–Kier alpha value is -2.47. The lowest BCUT2D eigenvalue weighted by atomic mass is 9.88. The van der Waals surface area contributed by atoms with Gasteiger partial charge in [0.25, 0.3) is 0 Å². The Balaban J connectivity index is 2.38. The van der Waals surface area contributed by atoms with Gasteiger partial charge in [0.1, 0.15) is 5.92 Å². The number of carbonyl (C=O) groups is 1. The van der Waals surface area contributed by atoms with Gasteiger partial charge in [0, 0.05) is 5.56 Å². The van der Waals surface area contributed by atoms with Crippen molar-refractivity contribution >= 4 is 5.78 Å². The third-order valence-corrected chi connectivity index (χ3v) is 3.00. The predicted molar refractivity (Wildman–Crippen MR) is 73.7 cm³/mol. The summed E-state index contributed by atoms with van der Waals surface area (Å²) >= 11 is 0. The average Bonchev–Trinajstić information content (AvgIpc) is 2.49. The molecule has 2 aromatic carbocycles. The highest BCUT2D eigenvalue weighted by Crippen LogP contribution is 2.35. The molecule has 0 radical (unpaired) electrons. The molecule has 0 heterocycles. The van der Waals surface area contributed by atoms with E-state index in [-0.39, 0.29) is 11.1 Å². The molecule has 0 aliphatic heterocycles. The fourth-order valence-electron chi connectivity index (χ4n) is 1.97. The third-order valence-electron chi connectivity index (χ3n) is 3.00. The quantitative estimate of drug-likeness (QED) is 0.608. The summed E-state index contributed by atoms with van der Waals surface area (Å²) in [6.07, 6.45) is 5.22. The zero-order chi connectivity index (χ0) is 14.6. The number of halogens is 2. The van der Waals surface area contributed by atoms with Gasteiger partial charge in [-0.05, 0) is 5.56 Å². The van der Waals surface area contributed by atoms with Gasteiger partial charge < -0.3 is 0 Å². The molecule has 0 aliphatic rings. The molecule has 1 atom stereocenters. The van der Waals surface area contributed by atoms with E-state index in [9.17, 15) is 13.6 Å². The maximum absolute atomic E-state index is 14.4. The molecule has 1 nitrogen and oxygen atoms in total. The van der Waals surface area contributed by atoms with Crippen molar-refractivity contribution in [3.63, 3.8) is 0 Å². The Morgan fingerprint density at radius 3 is 2.00 bits per heavy atom. The molecule has 1 unspecified atom stereocenters. The second-order valence-corrected chi connectivity index (χ2v) is 4.33. The summed E-state index contributed by atoms with van der Waals surface area (Å²) in [5.74, 6) is -4.44. The molecule has 0 amide bonds. The van der Waals surface area contributed by atoms with Gasteiger partial charge in [0.05, 0.1) is 0 Å². The maximum atomic E-state index is 14.4. The number of Topliss-reactive ketones (excluding diaryl/α,β-unsaturated/α-hetero) is 1. The average molecular weight is 270 g/mol. The van der Waals surface area contributed by atoms with Crippen LogP contribution in [-0.2, 0) is 0 Å². The normalized spacial score (nSPS) is 12.4. The Kier molecular flexibility index (Phi) is 3.95. The lowest BCUT2D eigenvalue weighted by Crippen LogP contribution is -2.35. The molecule has 100 valence electrons. The van der Waals surface area contributed by atoms with E-state index < -0.39 is 17.6 Å². The minimum Gasteiger partial charge on any atom is -0.287 e. The van der Waals surface area contributed by atoms with Gasteiger partial charge in [-0.1, -0.05) is 66.6 Å². The van der Waals surface area contributed by atoms with Crippen molar-refractivity contribution in [3.05, 3.63) is 71.8 Å². The number of hydrogen-bond donors (Lipinski definition) is 0. The molecular formula is C17H12F2O. The lowest BCUT2D eigenvalue weighted by molar-refractivity contribution is 0.00292. The van der Waals surface area contributed by atoms with E-state index in [0.717, 1.165) is 0 Å².